The van der Waals surface area contributed by atoms with Gasteiger partial charge in [-0.25, -0.2) is 13.2 Å². The first-order chi connectivity index (χ1) is 10.8. The molecule has 23 heavy (non-hydrogen) atoms. The summed E-state index contributed by atoms with van der Waals surface area (Å²) in [5.41, 5.74) is -1.07. The molecule has 0 aliphatic carbocycles. The van der Waals surface area contributed by atoms with Crippen LogP contribution in [0.5, 0.6) is 0 Å². The summed E-state index contributed by atoms with van der Waals surface area (Å²) in [6, 6.07) is 5.76. The molecule has 0 saturated carbocycles. The number of hydrogen-bond acceptors (Lipinski definition) is 2. The molecule has 7 heteroatoms. The second-order valence-corrected chi connectivity index (χ2v) is 6.34. The van der Waals surface area contributed by atoms with Crippen LogP contribution in [0.1, 0.15) is 18.4 Å². The minimum atomic E-state index is -3.12. The second kappa shape index (κ2) is 5.54. The van der Waals surface area contributed by atoms with Crippen molar-refractivity contribution < 1.29 is 22.8 Å². The van der Waals surface area contributed by atoms with Gasteiger partial charge in [0.05, 0.1) is 18.4 Å². The number of amides is 2. The Kier molecular flexibility index (Phi) is 3.82. The Morgan fingerprint density at radius 3 is 2.65 bits per heavy atom. The lowest BCUT2D eigenvalue weighted by molar-refractivity contribution is -0.159. The largest absolute Gasteiger partial charge is 0.356 e. The molecule has 0 radical (unpaired) electrons. The molecule has 2 amide bonds. The van der Waals surface area contributed by atoms with Crippen molar-refractivity contribution in [3.8, 4) is 0 Å². The number of piperidine rings is 1. The van der Waals surface area contributed by atoms with Gasteiger partial charge in [-0.05, 0) is 18.1 Å². The summed E-state index contributed by atoms with van der Waals surface area (Å²) in [4.78, 5) is 25.3. The molecule has 0 bridgehead atoms. The van der Waals surface area contributed by atoms with Crippen molar-refractivity contribution in [1.82, 2.24) is 10.2 Å². The lowest BCUT2D eigenvalue weighted by Crippen LogP contribution is -2.57. The first-order valence-electron chi connectivity index (χ1n) is 7.49. The molecule has 2 heterocycles. The van der Waals surface area contributed by atoms with Gasteiger partial charge in [0.15, 0.2) is 0 Å². The van der Waals surface area contributed by atoms with Gasteiger partial charge in [0.1, 0.15) is 5.82 Å². The molecule has 0 unspecified atom stereocenters. The van der Waals surface area contributed by atoms with Crippen LogP contribution in [0.2, 0.25) is 0 Å². The summed E-state index contributed by atoms with van der Waals surface area (Å²) in [6.07, 6.45) is -0.555. The highest BCUT2D eigenvalue weighted by Gasteiger charge is 2.55. The molecule has 1 atom stereocenters. The van der Waals surface area contributed by atoms with Gasteiger partial charge in [-0.15, -0.1) is 0 Å². The van der Waals surface area contributed by atoms with E-state index in [9.17, 15) is 22.8 Å². The predicted molar refractivity (Wildman–Crippen MR) is 76.3 cm³/mol. The SMILES string of the molecule is O=C(Cc1ccccc1F)N1CC(F)(F)C[C@]2(CCNC2=O)C1. The number of nitrogens with zero attached hydrogens (tertiary/aromatic N) is 1. The highest BCUT2D eigenvalue weighted by molar-refractivity contribution is 5.87. The van der Waals surface area contributed by atoms with Crippen LogP contribution in [0, 0.1) is 11.2 Å². The maximum absolute atomic E-state index is 14.1. The van der Waals surface area contributed by atoms with E-state index in [2.05, 4.69) is 5.32 Å². The Morgan fingerprint density at radius 1 is 1.26 bits per heavy atom. The molecule has 2 aliphatic heterocycles. The number of hydrogen-bond donors (Lipinski definition) is 1. The number of rotatable bonds is 2. The number of alkyl halides is 2. The zero-order valence-corrected chi connectivity index (χ0v) is 12.4. The van der Waals surface area contributed by atoms with Gasteiger partial charge in [-0.3, -0.25) is 9.59 Å². The van der Waals surface area contributed by atoms with Crippen molar-refractivity contribution in [2.45, 2.75) is 25.2 Å². The number of likely N-dealkylation sites (tertiary alicyclic amines) is 1. The fourth-order valence-corrected chi connectivity index (χ4v) is 3.44. The van der Waals surface area contributed by atoms with Crippen LogP contribution in [-0.4, -0.2) is 42.3 Å². The maximum atomic E-state index is 14.1. The van der Waals surface area contributed by atoms with Crippen LogP contribution >= 0.6 is 0 Å². The monoisotopic (exact) mass is 326 g/mol. The molecule has 1 N–H and O–H groups in total. The van der Waals surface area contributed by atoms with Crippen molar-refractivity contribution in [3.63, 3.8) is 0 Å². The van der Waals surface area contributed by atoms with Crippen LogP contribution in [0.3, 0.4) is 0 Å². The molecule has 2 aliphatic rings. The van der Waals surface area contributed by atoms with Crippen LogP contribution in [0.15, 0.2) is 24.3 Å². The van der Waals surface area contributed by atoms with Gasteiger partial charge in [0.2, 0.25) is 11.8 Å². The van der Waals surface area contributed by atoms with Crippen LogP contribution < -0.4 is 5.32 Å². The predicted octanol–water partition coefficient (Wildman–Crippen LogP) is 1.74. The number of carbonyl (C=O) groups excluding carboxylic acids is 2. The molecule has 0 aromatic heterocycles. The first-order valence-corrected chi connectivity index (χ1v) is 7.49. The average Bonchev–Trinajstić information content (AvgIpc) is 2.79. The van der Waals surface area contributed by atoms with Crippen molar-refractivity contribution in [2.75, 3.05) is 19.6 Å². The van der Waals surface area contributed by atoms with E-state index in [4.69, 9.17) is 0 Å². The summed E-state index contributed by atoms with van der Waals surface area (Å²) >= 11 is 0. The Balaban J connectivity index is 1.80. The number of halogens is 3. The summed E-state index contributed by atoms with van der Waals surface area (Å²) in [5, 5.41) is 2.57. The molecule has 1 aromatic carbocycles. The van der Waals surface area contributed by atoms with Crippen LogP contribution in [-0.2, 0) is 16.0 Å². The van der Waals surface area contributed by atoms with Crippen molar-refractivity contribution in [2.24, 2.45) is 5.41 Å². The normalized spacial score (nSPS) is 26.4. The quantitative estimate of drug-likeness (QED) is 0.900. The maximum Gasteiger partial charge on any atom is 0.266 e. The molecule has 2 saturated heterocycles. The average molecular weight is 326 g/mol. The molecule has 3 rings (SSSR count). The minimum absolute atomic E-state index is 0.0400. The van der Waals surface area contributed by atoms with E-state index < -0.39 is 41.9 Å². The van der Waals surface area contributed by atoms with E-state index in [1.807, 2.05) is 0 Å². The molecule has 1 spiro atoms. The lowest BCUT2D eigenvalue weighted by atomic mass is 9.77. The summed E-state index contributed by atoms with van der Waals surface area (Å²) < 4.78 is 41.8. The van der Waals surface area contributed by atoms with Gasteiger partial charge in [0.25, 0.3) is 5.92 Å². The van der Waals surface area contributed by atoms with Gasteiger partial charge >= 0.3 is 0 Å². The van der Waals surface area contributed by atoms with E-state index in [1.54, 1.807) is 6.07 Å². The van der Waals surface area contributed by atoms with E-state index in [-0.39, 0.29) is 24.9 Å². The Hall–Kier alpha value is -2.05. The smallest absolute Gasteiger partial charge is 0.266 e. The van der Waals surface area contributed by atoms with Crippen molar-refractivity contribution in [1.29, 1.82) is 0 Å². The molecular formula is C16H17F3N2O2. The Labute approximate surface area is 131 Å². The van der Waals surface area contributed by atoms with E-state index in [0.717, 1.165) is 4.90 Å². The molecule has 4 nitrogen and oxygen atoms in total. The lowest BCUT2D eigenvalue weighted by Gasteiger charge is -2.42. The fraction of sp³-hybridized carbons (Fsp3) is 0.500. The number of benzene rings is 1. The molecule has 1 aromatic rings. The zero-order valence-electron chi connectivity index (χ0n) is 12.4. The minimum Gasteiger partial charge on any atom is -0.356 e. The van der Waals surface area contributed by atoms with Crippen molar-refractivity contribution in [3.05, 3.63) is 35.6 Å². The zero-order chi connectivity index (χ0) is 16.7. The van der Waals surface area contributed by atoms with E-state index in [0.29, 0.717) is 6.54 Å². The second-order valence-electron chi connectivity index (χ2n) is 6.34. The fourth-order valence-electron chi connectivity index (χ4n) is 3.44. The topological polar surface area (TPSA) is 49.4 Å². The molecule has 124 valence electrons. The third-order valence-electron chi connectivity index (χ3n) is 4.54. The van der Waals surface area contributed by atoms with Gasteiger partial charge < -0.3 is 10.2 Å². The molecular weight excluding hydrogens is 309 g/mol. The molecule has 2 fully saturated rings. The van der Waals surface area contributed by atoms with Crippen LogP contribution in [0.25, 0.3) is 0 Å². The van der Waals surface area contributed by atoms with Gasteiger partial charge in [0, 0.05) is 19.5 Å². The number of nitrogens with one attached hydrogen (secondary N) is 1. The first kappa shape index (κ1) is 15.8. The number of carbonyl (C=O) groups is 2. The Bertz CT molecular complexity index is 650. The summed E-state index contributed by atoms with van der Waals surface area (Å²) in [5.74, 6) is -4.68. The standard InChI is InChI=1S/C16H17F3N2O2/c17-12-4-2-1-3-11(12)7-13(22)21-9-15(5-6-20-14(15)23)8-16(18,19)10-21/h1-4H,5-10H2,(H,20,23)/t15-/m1/s1. The third-order valence-corrected chi connectivity index (χ3v) is 4.54. The summed E-state index contributed by atoms with van der Waals surface area (Å²) in [7, 11) is 0. The van der Waals surface area contributed by atoms with Gasteiger partial charge in [-0.2, -0.15) is 0 Å². The van der Waals surface area contributed by atoms with E-state index >= 15 is 0 Å². The van der Waals surface area contributed by atoms with Crippen molar-refractivity contribution >= 4 is 11.8 Å². The Morgan fingerprint density at radius 2 is 2.00 bits per heavy atom. The van der Waals surface area contributed by atoms with E-state index in [1.165, 1.54) is 18.2 Å². The highest BCUT2D eigenvalue weighted by atomic mass is 19.3. The summed E-state index contributed by atoms with van der Waals surface area (Å²) in [6.45, 7) is -0.429. The van der Waals surface area contributed by atoms with Crippen LogP contribution in [0.4, 0.5) is 13.2 Å². The third kappa shape index (κ3) is 3.04. The highest BCUT2D eigenvalue weighted by Crippen LogP contribution is 2.43. The van der Waals surface area contributed by atoms with Gasteiger partial charge in [-0.1, -0.05) is 18.2 Å².